The van der Waals surface area contributed by atoms with Gasteiger partial charge in [-0.1, -0.05) is 288 Å². The molecule has 1 atom stereocenters. The molecule has 0 bridgehead atoms. The second-order valence-electron chi connectivity index (χ2n) is 22.7. The number of hydrogen-bond acceptors (Lipinski definition) is 6. The first-order valence-electron chi connectivity index (χ1n) is 33.6. The van der Waals surface area contributed by atoms with Crippen LogP contribution in [0.5, 0.6) is 0 Å². The monoisotopic (exact) mass is 1060 g/mol. The van der Waals surface area contributed by atoms with Gasteiger partial charge < -0.3 is 14.2 Å². The molecule has 444 valence electrons. The van der Waals surface area contributed by atoms with Gasteiger partial charge in [0.25, 0.3) is 0 Å². The third kappa shape index (κ3) is 62.2. The molecule has 6 nitrogen and oxygen atoms in total. The molecule has 0 aliphatic rings. The van der Waals surface area contributed by atoms with Gasteiger partial charge in [0.1, 0.15) is 13.2 Å². The molecule has 0 amide bonds. The van der Waals surface area contributed by atoms with Gasteiger partial charge in [-0.2, -0.15) is 0 Å². The second-order valence-corrected chi connectivity index (χ2v) is 22.7. The standard InChI is InChI=1S/C70H128O6/c1-4-7-10-13-16-19-22-25-27-29-31-32-33-34-35-36-37-38-40-41-43-45-48-51-54-57-60-63-69(72)75-66-67(65-74-68(71)62-59-56-53-50-47-24-21-18-15-12-9-6-3)76-70(73)64-61-58-55-52-49-46-44-42-39-30-28-26-23-20-17-14-11-8-5-2/h17-18,20-21,26,28-29,31,67H,4-16,19,22-25,27,30,32-66H2,1-3H3/b20-17-,21-18-,28-26-,31-29-. The van der Waals surface area contributed by atoms with E-state index >= 15 is 0 Å². The van der Waals surface area contributed by atoms with Gasteiger partial charge in [0.05, 0.1) is 0 Å². The van der Waals surface area contributed by atoms with E-state index in [1.54, 1.807) is 0 Å². The van der Waals surface area contributed by atoms with Crippen LogP contribution in [0.15, 0.2) is 48.6 Å². The van der Waals surface area contributed by atoms with E-state index < -0.39 is 6.10 Å². The number of hydrogen-bond donors (Lipinski definition) is 0. The van der Waals surface area contributed by atoms with Crippen molar-refractivity contribution in [3.05, 3.63) is 48.6 Å². The molecule has 0 N–H and O–H groups in total. The average molecular weight is 1070 g/mol. The van der Waals surface area contributed by atoms with Crippen molar-refractivity contribution in [2.24, 2.45) is 0 Å². The molecule has 0 aliphatic heterocycles. The lowest BCUT2D eigenvalue weighted by atomic mass is 10.0. The Bertz CT molecular complexity index is 1310. The van der Waals surface area contributed by atoms with Gasteiger partial charge in [-0.05, 0) is 103 Å². The van der Waals surface area contributed by atoms with Crippen molar-refractivity contribution >= 4 is 17.9 Å². The largest absolute Gasteiger partial charge is 0.462 e. The van der Waals surface area contributed by atoms with Crippen LogP contribution in [0.2, 0.25) is 0 Å². The highest BCUT2D eigenvalue weighted by Crippen LogP contribution is 2.17. The van der Waals surface area contributed by atoms with Gasteiger partial charge in [-0.25, -0.2) is 0 Å². The SMILES string of the molecule is CCCCC/C=C\C/C=C\CCCCCCCCCCCC(=O)OC(COC(=O)CCCCCCC/C=C\CCCCC)COC(=O)CCCCCCCCCCCCCCCCC/C=C\CCCCCCCCCC. The van der Waals surface area contributed by atoms with E-state index in [1.165, 1.54) is 250 Å². The predicted molar refractivity (Wildman–Crippen MR) is 330 cm³/mol. The molecule has 0 aromatic rings. The average Bonchev–Trinajstić information content (AvgIpc) is 3.42. The highest BCUT2D eigenvalue weighted by Gasteiger charge is 2.19. The van der Waals surface area contributed by atoms with E-state index in [1.807, 2.05) is 0 Å². The summed E-state index contributed by atoms with van der Waals surface area (Å²) in [5.74, 6) is -0.868. The van der Waals surface area contributed by atoms with Crippen molar-refractivity contribution in [2.45, 2.75) is 367 Å². The molecule has 0 aliphatic carbocycles. The Morgan fingerprint density at radius 3 is 0.763 bits per heavy atom. The van der Waals surface area contributed by atoms with Crippen LogP contribution in [-0.2, 0) is 28.6 Å². The summed E-state index contributed by atoms with van der Waals surface area (Å²) < 4.78 is 16.9. The van der Waals surface area contributed by atoms with Crippen LogP contribution in [0.3, 0.4) is 0 Å². The molecule has 0 fully saturated rings. The number of rotatable bonds is 62. The van der Waals surface area contributed by atoms with Crippen LogP contribution in [0.4, 0.5) is 0 Å². The first kappa shape index (κ1) is 73.4. The van der Waals surface area contributed by atoms with Crippen LogP contribution in [0.25, 0.3) is 0 Å². The molecule has 1 unspecified atom stereocenters. The minimum atomic E-state index is -0.778. The Morgan fingerprint density at radius 2 is 0.474 bits per heavy atom. The predicted octanol–water partition coefficient (Wildman–Crippen LogP) is 22.9. The lowest BCUT2D eigenvalue weighted by molar-refractivity contribution is -0.167. The lowest BCUT2D eigenvalue weighted by Crippen LogP contribution is -2.30. The van der Waals surface area contributed by atoms with Crippen LogP contribution in [-0.4, -0.2) is 37.2 Å². The van der Waals surface area contributed by atoms with E-state index in [-0.39, 0.29) is 31.1 Å². The van der Waals surface area contributed by atoms with Crippen molar-refractivity contribution in [1.82, 2.24) is 0 Å². The summed E-state index contributed by atoms with van der Waals surface area (Å²) in [6.07, 6.45) is 81.3. The number of esters is 3. The third-order valence-corrected chi connectivity index (χ3v) is 15.0. The molecule has 0 aromatic carbocycles. The molecule has 0 rings (SSSR count). The summed E-state index contributed by atoms with van der Waals surface area (Å²) in [5.41, 5.74) is 0. The van der Waals surface area contributed by atoms with Gasteiger partial charge in [0, 0.05) is 19.3 Å². The van der Waals surface area contributed by atoms with Crippen molar-refractivity contribution in [3.63, 3.8) is 0 Å². The topological polar surface area (TPSA) is 78.9 Å². The summed E-state index contributed by atoms with van der Waals surface area (Å²) in [6.45, 7) is 6.63. The number of allylic oxidation sites excluding steroid dienone is 8. The number of carbonyl (C=O) groups is 3. The summed E-state index contributed by atoms with van der Waals surface area (Å²) in [5, 5.41) is 0. The lowest BCUT2D eigenvalue weighted by Gasteiger charge is -2.18. The Hall–Kier alpha value is -2.63. The zero-order valence-corrected chi connectivity index (χ0v) is 51.0. The third-order valence-electron chi connectivity index (χ3n) is 15.0. The molecule has 0 spiro atoms. The molecular formula is C70H128O6. The van der Waals surface area contributed by atoms with Gasteiger partial charge in [-0.3, -0.25) is 14.4 Å². The van der Waals surface area contributed by atoms with Crippen LogP contribution >= 0.6 is 0 Å². The van der Waals surface area contributed by atoms with Crippen molar-refractivity contribution < 1.29 is 28.6 Å². The van der Waals surface area contributed by atoms with Gasteiger partial charge in [0.2, 0.25) is 0 Å². The molecule has 6 heteroatoms. The number of carbonyl (C=O) groups excluding carboxylic acids is 3. The van der Waals surface area contributed by atoms with Gasteiger partial charge in [0.15, 0.2) is 6.10 Å². The Morgan fingerprint density at radius 1 is 0.263 bits per heavy atom. The molecule has 0 radical (unpaired) electrons. The molecule has 0 saturated heterocycles. The highest BCUT2D eigenvalue weighted by molar-refractivity contribution is 5.71. The second kappa shape index (κ2) is 64.9. The zero-order chi connectivity index (χ0) is 55.0. The fraction of sp³-hybridized carbons (Fsp3) is 0.843. The summed E-state index contributed by atoms with van der Waals surface area (Å²) in [4.78, 5) is 38.3. The van der Waals surface area contributed by atoms with E-state index in [0.717, 1.165) is 70.6 Å². The zero-order valence-electron chi connectivity index (χ0n) is 51.0. The quantitative estimate of drug-likeness (QED) is 0.0261. The van der Waals surface area contributed by atoms with E-state index in [0.29, 0.717) is 19.3 Å². The first-order chi connectivity index (χ1) is 37.5. The van der Waals surface area contributed by atoms with Crippen LogP contribution in [0, 0.1) is 0 Å². The molecule has 0 saturated carbocycles. The fourth-order valence-electron chi connectivity index (χ4n) is 9.94. The van der Waals surface area contributed by atoms with Crippen molar-refractivity contribution in [2.75, 3.05) is 13.2 Å². The molecular weight excluding hydrogens is 937 g/mol. The number of ether oxygens (including phenoxy) is 3. The van der Waals surface area contributed by atoms with Crippen LogP contribution < -0.4 is 0 Å². The fourth-order valence-corrected chi connectivity index (χ4v) is 9.94. The maximum Gasteiger partial charge on any atom is 0.306 e. The first-order valence-corrected chi connectivity index (χ1v) is 33.6. The Labute approximate surface area is 473 Å². The van der Waals surface area contributed by atoms with Crippen LogP contribution in [0.1, 0.15) is 361 Å². The van der Waals surface area contributed by atoms with Crippen molar-refractivity contribution in [1.29, 1.82) is 0 Å². The Kier molecular flexibility index (Phi) is 62.6. The minimum absolute atomic E-state index is 0.0744. The normalized spacial score (nSPS) is 12.3. The summed E-state index contributed by atoms with van der Waals surface area (Å²) in [7, 11) is 0. The van der Waals surface area contributed by atoms with E-state index in [2.05, 4.69) is 69.4 Å². The molecule has 76 heavy (non-hydrogen) atoms. The minimum Gasteiger partial charge on any atom is -0.462 e. The highest BCUT2D eigenvalue weighted by atomic mass is 16.6. The van der Waals surface area contributed by atoms with Gasteiger partial charge in [-0.15, -0.1) is 0 Å². The van der Waals surface area contributed by atoms with Crippen molar-refractivity contribution in [3.8, 4) is 0 Å². The number of unbranched alkanes of at least 4 members (excludes halogenated alkanes) is 43. The molecule has 0 aromatic heterocycles. The summed E-state index contributed by atoms with van der Waals surface area (Å²) in [6, 6.07) is 0. The van der Waals surface area contributed by atoms with E-state index in [9.17, 15) is 14.4 Å². The maximum absolute atomic E-state index is 12.9. The van der Waals surface area contributed by atoms with E-state index in [4.69, 9.17) is 14.2 Å². The maximum atomic E-state index is 12.9. The molecule has 0 heterocycles. The van der Waals surface area contributed by atoms with Gasteiger partial charge >= 0.3 is 17.9 Å². The Balaban J connectivity index is 4.21. The summed E-state index contributed by atoms with van der Waals surface area (Å²) >= 11 is 0. The smallest absolute Gasteiger partial charge is 0.306 e.